The van der Waals surface area contributed by atoms with Crippen LogP contribution in [0.25, 0.3) is 22.3 Å². The zero-order chi connectivity index (χ0) is 24.6. The van der Waals surface area contributed by atoms with Crippen LogP contribution < -0.4 is 5.73 Å². The number of hydrogen-bond donors (Lipinski definition) is 1. The fraction of sp³-hybridized carbons (Fsp3) is 0.0800. The molecule has 0 bridgehead atoms. The maximum Gasteiger partial charge on any atom is 0.260 e. The molecule has 5 rings (SSSR count). The van der Waals surface area contributed by atoms with Crippen LogP contribution in [0.3, 0.4) is 0 Å². The number of benzene rings is 2. The normalized spacial score (nSPS) is 17.1. The number of fused-ring (bicyclic) bond motifs is 1. The molecule has 2 N–H and O–H groups in total. The monoisotopic (exact) mass is 487 g/mol. The van der Waals surface area contributed by atoms with E-state index in [1.54, 1.807) is 48.6 Å². The first-order valence-electron chi connectivity index (χ1n) is 10.6. The molecule has 174 valence electrons. The van der Waals surface area contributed by atoms with Crippen molar-refractivity contribution in [2.24, 2.45) is 15.9 Å². The summed E-state index contributed by atoms with van der Waals surface area (Å²) in [6.07, 6.45) is 9.60. The van der Waals surface area contributed by atoms with Crippen LogP contribution >= 0.6 is 0 Å². The molecule has 1 aromatic heterocycles. The van der Waals surface area contributed by atoms with Gasteiger partial charge < -0.3 is 5.73 Å². The second kappa shape index (κ2) is 8.80. The maximum atomic E-state index is 15.0. The Morgan fingerprint density at radius 3 is 2.49 bits per heavy atom. The van der Waals surface area contributed by atoms with Gasteiger partial charge in [0.05, 0.1) is 10.6 Å². The summed E-state index contributed by atoms with van der Waals surface area (Å²) in [7, 11) is -3.97. The minimum absolute atomic E-state index is 0.0143. The van der Waals surface area contributed by atoms with Crippen LogP contribution in [-0.2, 0) is 14.6 Å². The van der Waals surface area contributed by atoms with Crippen molar-refractivity contribution in [3.8, 4) is 22.3 Å². The Labute approximate surface area is 200 Å². The summed E-state index contributed by atoms with van der Waals surface area (Å²) in [5.74, 6) is -2.19. The highest BCUT2D eigenvalue weighted by Gasteiger charge is 2.29. The molecule has 1 amide bonds. The summed E-state index contributed by atoms with van der Waals surface area (Å²) < 4.78 is 41.7. The minimum atomic E-state index is -3.97. The Morgan fingerprint density at radius 2 is 1.71 bits per heavy atom. The van der Waals surface area contributed by atoms with E-state index in [0.717, 1.165) is 0 Å². The van der Waals surface area contributed by atoms with Gasteiger partial charge in [-0.15, -0.1) is 0 Å². The van der Waals surface area contributed by atoms with Crippen LogP contribution in [0.5, 0.6) is 0 Å². The van der Waals surface area contributed by atoms with Crippen LogP contribution in [-0.4, -0.2) is 41.6 Å². The smallest absolute Gasteiger partial charge is 0.260 e. The molecule has 35 heavy (non-hydrogen) atoms. The number of amides is 1. The van der Waals surface area contributed by atoms with E-state index in [4.69, 9.17) is 5.73 Å². The number of aliphatic imine (C=N–C) groups is 2. The number of nitrogens with zero attached hydrogens (tertiary/aromatic N) is 4. The van der Waals surface area contributed by atoms with Gasteiger partial charge in [0.2, 0.25) is 5.95 Å². The quantitative estimate of drug-likeness (QED) is 0.587. The van der Waals surface area contributed by atoms with Gasteiger partial charge in [0.25, 0.3) is 5.91 Å². The molecule has 2 aliphatic rings. The molecule has 10 heteroatoms. The van der Waals surface area contributed by atoms with Crippen LogP contribution in [0, 0.1) is 11.7 Å². The molecule has 1 aliphatic heterocycles. The lowest BCUT2D eigenvalue weighted by molar-refractivity contribution is -0.118. The summed E-state index contributed by atoms with van der Waals surface area (Å²) in [6.45, 7) is 0. The highest BCUT2D eigenvalue weighted by Crippen LogP contribution is 2.32. The SMILES string of the molecule is Nc1ncc(-c2ccc(-c3ccccc3S(=O)(=O)CC3=NC(=O)C4C=CC=CC4=N3)cc2F)cn1. The molecule has 1 aliphatic carbocycles. The molecule has 3 aromatic rings. The van der Waals surface area contributed by atoms with Crippen molar-refractivity contribution in [1.82, 2.24) is 9.97 Å². The molecule has 0 spiro atoms. The van der Waals surface area contributed by atoms with Crippen molar-refractivity contribution in [3.63, 3.8) is 0 Å². The first-order valence-corrected chi connectivity index (χ1v) is 12.2. The zero-order valence-electron chi connectivity index (χ0n) is 18.2. The van der Waals surface area contributed by atoms with E-state index in [1.807, 2.05) is 0 Å². The highest BCUT2D eigenvalue weighted by atomic mass is 32.2. The molecule has 0 radical (unpaired) electrons. The number of halogens is 1. The Bertz CT molecular complexity index is 1570. The second-order valence-electron chi connectivity index (χ2n) is 7.90. The topological polar surface area (TPSA) is 128 Å². The summed E-state index contributed by atoms with van der Waals surface area (Å²) in [5, 5.41) is 0. The predicted octanol–water partition coefficient (Wildman–Crippen LogP) is 3.43. The highest BCUT2D eigenvalue weighted by molar-refractivity contribution is 7.92. The van der Waals surface area contributed by atoms with Crippen molar-refractivity contribution in [3.05, 3.63) is 85.0 Å². The number of sulfone groups is 1. The molecule has 2 heterocycles. The number of nitrogens with two attached hydrogens (primary N) is 1. The number of aromatic nitrogens is 2. The number of allylic oxidation sites excluding steroid dienone is 3. The van der Waals surface area contributed by atoms with Crippen LogP contribution in [0.15, 0.2) is 94.0 Å². The zero-order valence-corrected chi connectivity index (χ0v) is 19.0. The van der Waals surface area contributed by atoms with Gasteiger partial charge in [-0.25, -0.2) is 27.8 Å². The first-order chi connectivity index (χ1) is 16.8. The number of amidine groups is 1. The lowest BCUT2D eigenvalue weighted by Crippen LogP contribution is -2.29. The lowest BCUT2D eigenvalue weighted by atomic mass is 9.97. The van der Waals surface area contributed by atoms with Gasteiger partial charge in [-0.05, 0) is 23.8 Å². The van der Waals surface area contributed by atoms with Crippen molar-refractivity contribution in [2.75, 3.05) is 11.5 Å². The summed E-state index contributed by atoms with van der Waals surface area (Å²) in [5.41, 5.74) is 7.33. The van der Waals surface area contributed by atoms with Crippen molar-refractivity contribution >= 4 is 33.2 Å². The molecular formula is C25H18FN5O3S. The number of anilines is 1. The predicted molar refractivity (Wildman–Crippen MR) is 131 cm³/mol. The fourth-order valence-corrected chi connectivity index (χ4v) is 5.33. The van der Waals surface area contributed by atoms with Gasteiger partial charge in [-0.1, -0.05) is 48.6 Å². The van der Waals surface area contributed by atoms with E-state index in [1.165, 1.54) is 30.6 Å². The third-order valence-corrected chi connectivity index (χ3v) is 7.23. The van der Waals surface area contributed by atoms with Gasteiger partial charge in [-0.2, -0.15) is 4.99 Å². The van der Waals surface area contributed by atoms with E-state index in [2.05, 4.69) is 20.0 Å². The first kappa shape index (κ1) is 22.5. The van der Waals surface area contributed by atoms with Crippen LogP contribution in [0.1, 0.15) is 0 Å². The lowest BCUT2D eigenvalue weighted by Gasteiger charge is -2.18. The molecule has 0 fully saturated rings. The van der Waals surface area contributed by atoms with E-state index in [0.29, 0.717) is 22.4 Å². The summed E-state index contributed by atoms with van der Waals surface area (Å²) in [6, 6.07) is 10.7. The Morgan fingerprint density at radius 1 is 0.943 bits per heavy atom. The number of carbonyl (C=O) groups is 1. The Kier molecular flexibility index (Phi) is 5.65. The van der Waals surface area contributed by atoms with Crippen LogP contribution in [0.4, 0.5) is 10.3 Å². The average molecular weight is 488 g/mol. The number of rotatable bonds is 5. The number of nitrogen functional groups attached to an aromatic ring is 1. The van der Waals surface area contributed by atoms with Crippen LogP contribution in [0.2, 0.25) is 0 Å². The van der Waals surface area contributed by atoms with Crippen molar-refractivity contribution in [2.45, 2.75) is 4.90 Å². The van der Waals surface area contributed by atoms with Gasteiger partial charge in [-0.3, -0.25) is 4.79 Å². The standard InChI is InChI=1S/C25H18FN5O3S/c26-20-11-15(9-10-17(20)16-12-28-25(27)29-13-16)18-5-2-4-8-22(18)35(33,34)14-23-30-21-7-3-1-6-19(21)24(32)31-23/h1-13,19H,14H2,(H2,27,28,29). The molecule has 0 saturated heterocycles. The maximum absolute atomic E-state index is 15.0. The van der Waals surface area contributed by atoms with Gasteiger partial charge in [0.1, 0.15) is 23.3 Å². The molecule has 8 nitrogen and oxygen atoms in total. The minimum Gasteiger partial charge on any atom is -0.368 e. The molecule has 1 unspecified atom stereocenters. The molecular weight excluding hydrogens is 469 g/mol. The molecule has 2 aromatic carbocycles. The third kappa shape index (κ3) is 4.43. The van der Waals surface area contributed by atoms with E-state index >= 15 is 4.39 Å². The summed E-state index contributed by atoms with van der Waals surface area (Å²) in [4.78, 5) is 28.3. The Hall–Kier alpha value is -4.31. The van der Waals surface area contributed by atoms with E-state index < -0.39 is 33.2 Å². The van der Waals surface area contributed by atoms with Gasteiger partial charge in [0.15, 0.2) is 9.84 Å². The summed E-state index contributed by atoms with van der Waals surface area (Å²) >= 11 is 0. The average Bonchev–Trinajstić information content (AvgIpc) is 2.84. The van der Waals surface area contributed by atoms with Gasteiger partial charge >= 0.3 is 0 Å². The largest absolute Gasteiger partial charge is 0.368 e. The van der Waals surface area contributed by atoms with E-state index in [9.17, 15) is 13.2 Å². The molecule has 1 atom stereocenters. The fourth-order valence-electron chi connectivity index (χ4n) is 3.90. The van der Waals surface area contributed by atoms with Gasteiger partial charge in [0, 0.05) is 29.1 Å². The van der Waals surface area contributed by atoms with E-state index in [-0.39, 0.29) is 22.2 Å². The third-order valence-electron chi connectivity index (χ3n) is 5.57. The molecule has 0 saturated carbocycles. The number of carbonyl (C=O) groups excluding carboxylic acids is 1. The van der Waals surface area contributed by atoms with Crippen molar-refractivity contribution in [1.29, 1.82) is 0 Å². The van der Waals surface area contributed by atoms with Crippen molar-refractivity contribution < 1.29 is 17.6 Å². The second-order valence-corrected chi connectivity index (χ2v) is 9.86. The number of hydrogen-bond acceptors (Lipinski definition) is 7. The Balaban J connectivity index is 1.48.